The zero-order chi connectivity index (χ0) is 22.5. The monoisotopic (exact) mass is 440 g/mol. The van der Waals surface area contributed by atoms with Gasteiger partial charge in [0.1, 0.15) is 0 Å². The summed E-state index contributed by atoms with van der Waals surface area (Å²) in [5.41, 5.74) is 2.80. The molecule has 7 heteroatoms. The summed E-state index contributed by atoms with van der Waals surface area (Å²) in [5.74, 6) is 0.757. The summed E-state index contributed by atoms with van der Waals surface area (Å²) in [6.45, 7) is 7.82. The number of carbonyl (C=O) groups is 1. The molecule has 0 aliphatic carbocycles. The van der Waals surface area contributed by atoms with Crippen molar-refractivity contribution in [2.75, 3.05) is 18.6 Å². The van der Waals surface area contributed by atoms with Gasteiger partial charge in [-0.3, -0.25) is 4.90 Å². The third-order valence-corrected chi connectivity index (χ3v) is 5.19. The lowest BCUT2D eigenvalue weighted by Gasteiger charge is -2.38. The van der Waals surface area contributed by atoms with Crippen LogP contribution in [0.2, 0.25) is 0 Å². The van der Waals surface area contributed by atoms with E-state index in [-0.39, 0.29) is 12.7 Å². The number of carbonyl (C=O) groups excluding carboxylic acids is 1. The summed E-state index contributed by atoms with van der Waals surface area (Å²) in [6.07, 6.45) is -0.0810. The van der Waals surface area contributed by atoms with Crippen molar-refractivity contribution in [3.05, 3.63) is 65.4 Å². The van der Waals surface area contributed by atoms with Crippen LogP contribution < -0.4 is 19.7 Å². The molecule has 0 bridgehead atoms. The molecule has 1 atom stereocenters. The normalized spacial score (nSPS) is 16.3. The minimum atomic E-state index is -0.546. The fourth-order valence-corrected chi connectivity index (χ4v) is 3.98. The van der Waals surface area contributed by atoms with Crippen molar-refractivity contribution >= 4 is 29.0 Å². The van der Waals surface area contributed by atoms with E-state index in [1.165, 1.54) is 0 Å². The van der Waals surface area contributed by atoms with Crippen LogP contribution in [0.15, 0.2) is 59.8 Å². The molecule has 2 aromatic rings. The molecule has 2 aromatic carbocycles. The largest absolute Gasteiger partial charge is 0.493 e. The first-order valence-electron chi connectivity index (χ1n) is 10.3. The number of esters is 1. The summed E-state index contributed by atoms with van der Waals surface area (Å²) in [6, 6.07) is 14.7. The summed E-state index contributed by atoms with van der Waals surface area (Å²) in [7, 11) is 1.59. The highest BCUT2D eigenvalue weighted by Gasteiger charge is 2.37. The third-order valence-electron chi connectivity index (χ3n) is 4.89. The maximum atomic E-state index is 13.1. The molecule has 31 heavy (non-hydrogen) atoms. The molecule has 6 nitrogen and oxygen atoms in total. The molecule has 1 N–H and O–H groups in total. The van der Waals surface area contributed by atoms with E-state index in [0.717, 1.165) is 11.3 Å². The molecule has 1 aliphatic rings. The van der Waals surface area contributed by atoms with Crippen LogP contribution in [0.25, 0.3) is 0 Å². The number of ether oxygens (including phenoxy) is 3. The van der Waals surface area contributed by atoms with Gasteiger partial charge in [0.25, 0.3) is 0 Å². The summed E-state index contributed by atoms with van der Waals surface area (Å²) >= 11 is 5.72. The van der Waals surface area contributed by atoms with Crippen molar-refractivity contribution in [2.45, 2.75) is 39.8 Å². The molecule has 0 saturated carbocycles. The van der Waals surface area contributed by atoms with Crippen LogP contribution in [0.1, 0.15) is 39.3 Å². The Balaban J connectivity index is 2.20. The fraction of sp³-hybridized carbons (Fsp3) is 0.333. The lowest BCUT2D eigenvalue weighted by Crippen LogP contribution is -2.48. The van der Waals surface area contributed by atoms with E-state index in [1.54, 1.807) is 14.0 Å². The molecular formula is C24H28N2O4S. The Morgan fingerprint density at radius 3 is 2.48 bits per heavy atom. The molecule has 0 spiro atoms. The Morgan fingerprint density at radius 2 is 1.87 bits per heavy atom. The predicted molar refractivity (Wildman–Crippen MR) is 125 cm³/mol. The minimum absolute atomic E-state index is 0.0810. The van der Waals surface area contributed by atoms with Gasteiger partial charge in [-0.25, -0.2) is 4.79 Å². The van der Waals surface area contributed by atoms with E-state index in [4.69, 9.17) is 26.4 Å². The standard InChI is InChI=1S/C24H28N2O4S/c1-6-29-23(27)20-16(4)26(17-11-8-7-9-12-17)24(31)25-21(20)18-13-10-14-19(28-5)22(18)30-15(2)3/h7-15,21H,6H2,1-5H3,(H,25,31). The van der Waals surface area contributed by atoms with Crippen molar-refractivity contribution in [3.63, 3.8) is 0 Å². The van der Waals surface area contributed by atoms with Crippen LogP contribution >= 0.6 is 12.2 Å². The van der Waals surface area contributed by atoms with E-state index in [2.05, 4.69) is 5.32 Å². The van der Waals surface area contributed by atoms with Gasteiger partial charge in [0.2, 0.25) is 0 Å². The zero-order valence-electron chi connectivity index (χ0n) is 18.5. The second kappa shape index (κ2) is 9.83. The Bertz CT molecular complexity index is 988. The van der Waals surface area contributed by atoms with Gasteiger partial charge in [0.15, 0.2) is 16.6 Å². The Hall–Kier alpha value is -3.06. The number of methoxy groups -OCH3 is 1. The lowest BCUT2D eigenvalue weighted by atomic mass is 9.93. The quantitative estimate of drug-likeness (QED) is 0.492. The van der Waals surface area contributed by atoms with Gasteiger partial charge < -0.3 is 19.5 Å². The van der Waals surface area contributed by atoms with E-state index >= 15 is 0 Å². The number of hydrogen-bond acceptors (Lipinski definition) is 5. The van der Waals surface area contributed by atoms with Crippen LogP contribution in [0.3, 0.4) is 0 Å². The molecule has 0 amide bonds. The van der Waals surface area contributed by atoms with Gasteiger partial charge in [-0.2, -0.15) is 0 Å². The van der Waals surface area contributed by atoms with Crippen LogP contribution in [0.5, 0.6) is 11.5 Å². The number of allylic oxidation sites excluding steroid dienone is 1. The number of rotatable bonds is 7. The van der Waals surface area contributed by atoms with Crippen LogP contribution in [-0.2, 0) is 9.53 Å². The van der Waals surface area contributed by atoms with Crippen molar-refractivity contribution in [2.24, 2.45) is 0 Å². The second-order valence-electron chi connectivity index (χ2n) is 7.32. The molecule has 1 unspecified atom stereocenters. The Kier molecular flexibility index (Phi) is 7.17. The highest BCUT2D eigenvalue weighted by Crippen LogP contribution is 2.41. The molecule has 0 fully saturated rings. The molecule has 0 radical (unpaired) electrons. The van der Waals surface area contributed by atoms with Crippen molar-refractivity contribution < 1.29 is 19.0 Å². The van der Waals surface area contributed by atoms with Gasteiger partial charge in [0.05, 0.1) is 31.4 Å². The first kappa shape index (κ1) is 22.6. The Labute approximate surface area is 188 Å². The van der Waals surface area contributed by atoms with Crippen molar-refractivity contribution in [1.82, 2.24) is 5.32 Å². The van der Waals surface area contributed by atoms with Gasteiger partial charge in [-0.1, -0.05) is 30.3 Å². The average Bonchev–Trinajstić information content (AvgIpc) is 2.74. The third kappa shape index (κ3) is 4.66. The Morgan fingerprint density at radius 1 is 1.16 bits per heavy atom. The highest BCUT2D eigenvalue weighted by atomic mass is 32.1. The van der Waals surface area contributed by atoms with Crippen LogP contribution in [0.4, 0.5) is 5.69 Å². The number of hydrogen-bond donors (Lipinski definition) is 1. The van der Waals surface area contributed by atoms with E-state index in [0.29, 0.717) is 27.9 Å². The molecule has 3 rings (SSSR count). The molecule has 1 aliphatic heterocycles. The molecule has 1 heterocycles. The molecular weight excluding hydrogens is 412 g/mol. The number of nitrogens with zero attached hydrogens (tertiary/aromatic N) is 1. The van der Waals surface area contributed by atoms with Crippen molar-refractivity contribution in [3.8, 4) is 11.5 Å². The molecule has 0 saturated heterocycles. The second-order valence-corrected chi connectivity index (χ2v) is 7.70. The summed E-state index contributed by atoms with van der Waals surface area (Å²) in [5, 5.41) is 3.82. The maximum Gasteiger partial charge on any atom is 0.338 e. The van der Waals surface area contributed by atoms with E-state index < -0.39 is 12.0 Å². The number of nitrogens with one attached hydrogen (secondary N) is 1. The first-order valence-corrected chi connectivity index (χ1v) is 10.7. The number of anilines is 1. The minimum Gasteiger partial charge on any atom is -0.493 e. The summed E-state index contributed by atoms with van der Waals surface area (Å²) < 4.78 is 17.1. The van der Waals surface area contributed by atoms with Gasteiger partial charge in [0, 0.05) is 16.9 Å². The zero-order valence-corrected chi connectivity index (χ0v) is 19.3. The number of benzene rings is 2. The summed E-state index contributed by atoms with van der Waals surface area (Å²) in [4.78, 5) is 15.0. The SMILES string of the molecule is CCOC(=O)C1=C(C)N(c2ccccc2)C(=S)NC1c1cccc(OC)c1OC(C)C. The smallest absolute Gasteiger partial charge is 0.338 e. The molecule has 164 valence electrons. The van der Waals surface area contributed by atoms with E-state index in [9.17, 15) is 4.79 Å². The predicted octanol–water partition coefficient (Wildman–Crippen LogP) is 4.76. The van der Waals surface area contributed by atoms with Crippen LogP contribution in [-0.4, -0.2) is 30.9 Å². The highest BCUT2D eigenvalue weighted by molar-refractivity contribution is 7.80. The van der Waals surface area contributed by atoms with Gasteiger partial charge in [-0.05, 0) is 58.1 Å². The average molecular weight is 441 g/mol. The topological polar surface area (TPSA) is 60.0 Å². The van der Waals surface area contributed by atoms with E-state index in [1.807, 2.05) is 74.2 Å². The lowest BCUT2D eigenvalue weighted by molar-refractivity contribution is -0.139. The number of thiocarbonyl (C=S) groups is 1. The van der Waals surface area contributed by atoms with Gasteiger partial charge in [-0.15, -0.1) is 0 Å². The first-order chi connectivity index (χ1) is 14.9. The van der Waals surface area contributed by atoms with Crippen molar-refractivity contribution in [1.29, 1.82) is 0 Å². The number of para-hydroxylation sites is 2. The molecule has 0 aromatic heterocycles. The maximum absolute atomic E-state index is 13.1. The fourth-order valence-electron chi connectivity index (χ4n) is 3.62. The van der Waals surface area contributed by atoms with Gasteiger partial charge >= 0.3 is 5.97 Å². The van der Waals surface area contributed by atoms with Crippen LogP contribution in [0, 0.1) is 0 Å².